The number of hydrogen-bond acceptors (Lipinski definition) is 2. The number of hydrogen-bond donors (Lipinski definition) is 0. The summed E-state index contributed by atoms with van der Waals surface area (Å²) in [6.45, 7) is 10.8. The van der Waals surface area contributed by atoms with Crippen molar-refractivity contribution in [1.82, 2.24) is 0 Å². The zero-order valence-electron chi connectivity index (χ0n) is 14.3. The van der Waals surface area contributed by atoms with Gasteiger partial charge >= 0.3 is 0 Å². The highest BCUT2D eigenvalue weighted by Crippen LogP contribution is 2.19. The predicted octanol–water partition coefficient (Wildman–Crippen LogP) is 4.48. The minimum atomic E-state index is -1.63. The summed E-state index contributed by atoms with van der Waals surface area (Å²) in [6, 6.07) is 13.0. The van der Waals surface area contributed by atoms with E-state index in [0.29, 0.717) is 10.6 Å². The molecule has 2 nitrogen and oxygen atoms in total. The quantitative estimate of drug-likeness (QED) is 0.579. The van der Waals surface area contributed by atoms with Crippen LogP contribution in [0.4, 0.5) is 0 Å². The van der Waals surface area contributed by atoms with Crippen molar-refractivity contribution in [3.8, 4) is 5.75 Å². The predicted molar refractivity (Wildman–Crippen MR) is 104 cm³/mol. The van der Waals surface area contributed by atoms with Gasteiger partial charge in [-0.05, 0) is 62.1 Å². The molecule has 0 aliphatic carbocycles. The van der Waals surface area contributed by atoms with Gasteiger partial charge < -0.3 is 4.43 Å². The molecule has 0 bridgehead atoms. The highest BCUT2D eigenvalue weighted by Gasteiger charge is 2.18. The van der Waals surface area contributed by atoms with Gasteiger partial charge in [-0.1, -0.05) is 29.9 Å². The second kappa shape index (κ2) is 7.03. The second-order valence-electron chi connectivity index (χ2n) is 6.95. The van der Waals surface area contributed by atoms with Crippen molar-refractivity contribution in [2.75, 3.05) is 0 Å². The van der Waals surface area contributed by atoms with Crippen molar-refractivity contribution in [1.29, 1.82) is 0 Å². The van der Waals surface area contributed by atoms with Crippen LogP contribution in [0.2, 0.25) is 37.8 Å². The number of carbonyl (C=O) groups is 1. The standard InChI is InChI=1S/C18H23ClO2Si2/c1-22(2)17-12-14(19)8-11-16(17)18(20)13-6-9-15(10-7-13)21-23(3,4)5/h6-12,22H,1-5H3. The van der Waals surface area contributed by atoms with E-state index in [1.807, 2.05) is 36.4 Å². The van der Waals surface area contributed by atoms with Crippen molar-refractivity contribution in [2.45, 2.75) is 32.7 Å². The van der Waals surface area contributed by atoms with Crippen LogP contribution in [0.1, 0.15) is 15.9 Å². The molecule has 0 unspecified atom stereocenters. The SMILES string of the molecule is C[SiH](C)c1cc(Cl)ccc1C(=O)c1ccc(O[Si](C)(C)C)cc1. The lowest BCUT2D eigenvalue weighted by molar-refractivity contribution is 0.104. The zero-order chi connectivity index (χ0) is 17.2. The molecule has 0 aliphatic heterocycles. The molecular formula is C18H23ClO2Si2. The molecule has 122 valence electrons. The smallest absolute Gasteiger partial charge is 0.242 e. The molecule has 5 heteroatoms. The minimum absolute atomic E-state index is 0.0532. The Labute approximate surface area is 146 Å². The molecule has 0 saturated heterocycles. The number of benzene rings is 2. The van der Waals surface area contributed by atoms with Crippen LogP contribution in [0.15, 0.2) is 42.5 Å². The fourth-order valence-electron chi connectivity index (χ4n) is 2.40. The van der Waals surface area contributed by atoms with Gasteiger partial charge in [0, 0.05) is 16.1 Å². The van der Waals surface area contributed by atoms with Crippen LogP contribution in [0, 0.1) is 0 Å². The van der Waals surface area contributed by atoms with Gasteiger partial charge in [0.25, 0.3) is 0 Å². The maximum Gasteiger partial charge on any atom is 0.242 e. The summed E-state index contributed by atoms with van der Waals surface area (Å²) in [5, 5.41) is 1.81. The molecule has 2 rings (SSSR count). The molecule has 0 N–H and O–H groups in total. The first kappa shape index (κ1) is 18.0. The van der Waals surface area contributed by atoms with Crippen LogP contribution >= 0.6 is 11.6 Å². The van der Waals surface area contributed by atoms with E-state index in [1.54, 1.807) is 6.07 Å². The van der Waals surface area contributed by atoms with Gasteiger partial charge in [-0.2, -0.15) is 0 Å². The lowest BCUT2D eigenvalue weighted by atomic mass is 10.0. The Morgan fingerprint density at radius 3 is 2.17 bits per heavy atom. The summed E-state index contributed by atoms with van der Waals surface area (Å²) in [4.78, 5) is 12.8. The molecule has 2 aromatic rings. The van der Waals surface area contributed by atoms with Crippen molar-refractivity contribution < 1.29 is 9.22 Å². The van der Waals surface area contributed by atoms with E-state index >= 15 is 0 Å². The van der Waals surface area contributed by atoms with E-state index in [9.17, 15) is 4.79 Å². The summed E-state index contributed by atoms with van der Waals surface area (Å²) in [5.74, 6) is 0.882. The first-order chi connectivity index (χ1) is 10.7. The zero-order valence-corrected chi connectivity index (χ0v) is 17.2. The first-order valence-corrected chi connectivity index (χ1v) is 14.5. The third-order valence-corrected chi connectivity index (χ3v) is 6.23. The molecule has 0 atom stereocenters. The first-order valence-electron chi connectivity index (χ1n) is 7.80. The van der Waals surface area contributed by atoms with Crippen LogP contribution in [-0.2, 0) is 0 Å². The molecule has 0 saturated carbocycles. The number of rotatable bonds is 5. The topological polar surface area (TPSA) is 26.3 Å². The minimum Gasteiger partial charge on any atom is -0.544 e. The van der Waals surface area contributed by atoms with Gasteiger partial charge in [-0.15, -0.1) is 0 Å². The second-order valence-corrected chi connectivity index (χ2v) is 14.8. The van der Waals surface area contributed by atoms with Crippen molar-refractivity contribution in [2.24, 2.45) is 0 Å². The molecule has 0 amide bonds. The summed E-state index contributed by atoms with van der Waals surface area (Å²) in [7, 11) is -2.77. The summed E-state index contributed by atoms with van der Waals surface area (Å²) < 4.78 is 5.94. The van der Waals surface area contributed by atoms with E-state index in [-0.39, 0.29) is 5.78 Å². The molecule has 23 heavy (non-hydrogen) atoms. The van der Waals surface area contributed by atoms with E-state index in [4.69, 9.17) is 16.0 Å². The van der Waals surface area contributed by atoms with Gasteiger partial charge in [0.1, 0.15) is 5.75 Å². The lowest BCUT2D eigenvalue weighted by Gasteiger charge is -2.19. The Hall–Kier alpha value is -1.37. The third kappa shape index (κ3) is 4.80. The van der Waals surface area contributed by atoms with Crippen LogP contribution in [0.25, 0.3) is 0 Å². The maximum absolute atomic E-state index is 12.8. The third-order valence-electron chi connectivity index (χ3n) is 3.42. The molecule has 0 spiro atoms. The Bertz CT molecular complexity index is 704. The van der Waals surface area contributed by atoms with Crippen LogP contribution in [-0.4, -0.2) is 22.9 Å². The Kier molecular flexibility index (Phi) is 5.50. The van der Waals surface area contributed by atoms with Crippen molar-refractivity contribution in [3.05, 3.63) is 58.6 Å². The molecule has 0 aromatic heterocycles. The van der Waals surface area contributed by atoms with Gasteiger partial charge in [-0.3, -0.25) is 4.79 Å². The fraction of sp³-hybridized carbons (Fsp3) is 0.278. The average molecular weight is 363 g/mol. The Morgan fingerprint density at radius 2 is 1.65 bits per heavy atom. The number of carbonyl (C=O) groups excluding carboxylic acids is 1. The Balaban J connectivity index is 2.31. The van der Waals surface area contributed by atoms with Gasteiger partial charge in [0.2, 0.25) is 8.32 Å². The highest BCUT2D eigenvalue weighted by atomic mass is 35.5. The summed E-state index contributed by atoms with van der Waals surface area (Å²) in [5.41, 5.74) is 1.46. The van der Waals surface area contributed by atoms with Crippen LogP contribution < -0.4 is 9.61 Å². The van der Waals surface area contributed by atoms with E-state index in [0.717, 1.165) is 16.5 Å². The van der Waals surface area contributed by atoms with Gasteiger partial charge in [0.15, 0.2) is 5.78 Å². The van der Waals surface area contributed by atoms with Crippen molar-refractivity contribution >= 4 is 39.7 Å². The maximum atomic E-state index is 12.8. The summed E-state index contributed by atoms with van der Waals surface area (Å²) >= 11 is 6.09. The molecule has 2 aromatic carbocycles. The number of ketones is 1. The highest BCUT2D eigenvalue weighted by molar-refractivity contribution is 6.72. The molecular weight excluding hydrogens is 340 g/mol. The average Bonchev–Trinajstić information content (AvgIpc) is 2.45. The monoisotopic (exact) mass is 362 g/mol. The summed E-state index contributed by atoms with van der Waals surface area (Å²) in [6.07, 6.45) is 0. The Morgan fingerprint density at radius 1 is 1.04 bits per heavy atom. The lowest BCUT2D eigenvalue weighted by Crippen LogP contribution is -2.30. The molecule has 0 heterocycles. The van der Waals surface area contributed by atoms with E-state index in [1.165, 1.54) is 0 Å². The van der Waals surface area contributed by atoms with E-state index < -0.39 is 17.1 Å². The largest absolute Gasteiger partial charge is 0.544 e. The fourth-order valence-corrected chi connectivity index (χ4v) is 4.89. The molecule has 0 aliphatic rings. The normalized spacial score (nSPS) is 11.6. The van der Waals surface area contributed by atoms with Crippen LogP contribution in [0.5, 0.6) is 5.75 Å². The molecule has 0 fully saturated rings. The van der Waals surface area contributed by atoms with Gasteiger partial charge in [-0.25, -0.2) is 0 Å². The van der Waals surface area contributed by atoms with Crippen molar-refractivity contribution in [3.63, 3.8) is 0 Å². The van der Waals surface area contributed by atoms with Gasteiger partial charge in [0.05, 0.1) is 8.80 Å². The van der Waals surface area contributed by atoms with E-state index in [2.05, 4.69) is 32.7 Å². The van der Waals surface area contributed by atoms with Crippen LogP contribution in [0.3, 0.4) is 0 Å². The molecule has 0 radical (unpaired) electrons. The number of halogens is 1.